The number of pyridine rings is 1. The number of nitrogens with one attached hydrogen (secondary N) is 1. The van der Waals surface area contributed by atoms with E-state index in [-0.39, 0.29) is 5.56 Å². The maximum Gasteiger partial charge on any atom is 0.280 e. The van der Waals surface area contributed by atoms with Crippen molar-refractivity contribution in [1.29, 1.82) is 0 Å². The van der Waals surface area contributed by atoms with Crippen molar-refractivity contribution in [3.05, 3.63) is 47.5 Å². The van der Waals surface area contributed by atoms with E-state index in [1.54, 1.807) is 14.0 Å². The van der Waals surface area contributed by atoms with E-state index < -0.39 is 28.8 Å². The number of aromatic nitrogens is 3. The molecule has 0 radical (unpaired) electrons. The zero-order valence-corrected chi connectivity index (χ0v) is 23.1. The summed E-state index contributed by atoms with van der Waals surface area (Å²) in [5.74, 6) is -3.36. The number of hydrogen-bond acceptors (Lipinski definition) is 7. The molecule has 4 rings (SSSR count). The number of methoxy groups -OCH3 is 1. The Morgan fingerprint density at radius 3 is 2.32 bits per heavy atom. The van der Waals surface area contributed by atoms with Crippen LogP contribution in [0.3, 0.4) is 0 Å². The highest BCUT2D eigenvalue weighted by molar-refractivity contribution is 5.90. The highest BCUT2D eigenvalue weighted by atomic mass is 19.3. The summed E-state index contributed by atoms with van der Waals surface area (Å²) in [5, 5.41) is 3.84. The van der Waals surface area contributed by atoms with E-state index in [4.69, 9.17) is 4.74 Å². The topological polar surface area (TPSA) is 66.4 Å². The third-order valence-corrected chi connectivity index (χ3v) is 7.28. The van der Waals surface area contributed by atoms with Gasteiger partial charge in [-0.1, -0.05) is 39.0 Å². The van der Waals surface area contributed by atoms with Gasteiger partial charge in [0.05, 0.1) is 24.1 Å². The highest BCUT2D eigenvalue weighted by Crippen LogP contribution is 2.46. The Hall–Kier alpha value is -3.14. The summed E-state index contributed by atoms with van der Waals surface area (Å²) < 4.78 is 51.2. The Kier molecular flexibility index (Phi) is 7.74. The first-order valence-corrected chi connectivity index (χ1v) is 13.0. The lowest BCUT2D eigenvalue weighted by Gasteiger charge is -2.38. The van der Waals surface area contributed by atoms with Gasteiger partial charge in [-0.15, -0.1) is 0 Å². The van der Waals surface area contributed by atoms with E-state index in [2.05, 4.69) is 43.9 Å². The van der Waals surface area contributed by atoms with Crippen LogP contribution in [0.15, 0.2) is 30.6 Å². The molecule has 1 aliphatic rings. The molecule has 0 amide bonds. The maximum atomic E-state index is 15.5. The number of hydrogen-bond donors (Lipinski definition) is 1. The summed E-state index contributed by atoms with van der Waals surface area (Å²) in [7, 11) is 1.58. The molecule has 10 heteroatoms. The van der Waals surface area contributed by atoms with Crippen LogP contribution in [-0.2, 0) is 5.92 Å². The van der Waals surface area contributed by atoms with Crippen LogP contribution in [-0.4, -0.2) is 59.2 Å². The van der Waals surface area contributed by atoms with Gasteiger partial charge in [-0.05, 0) is 26.8 Å². The van der Waals surface area contributed by atoms with Crippen molar-refractivity contribution in [2.45, 2.75) is 59.5 Å². The standard InChI is InChI=1S/C28H37F3N6O/c1-17(2)36-11-13-37(14-12-36)22-15-20-24(32-16-33-25(20)35-26(22)38-7)34-18(3)19-9-8-10-21(23(19)29)28(30,31)27(4,5)6/h8-10,15-18H,11-14H2,1-7H3,(H,32,33,34,35)/t18-/m1/s1. The first-order valence-electron chi connectivity index (χ1n) is 13.0. The van der Waals surface area contributed by atoms with Crippen LogP contribution in [0.1, 0.15) is 58.7 Å². The summed E-state index contributed by atoms with van der Waals surface area (Å²) in [6.45, 7) is 13.7. The molecule has 1 fully saturated rings. The van der Waals surface area contributed by atoms with Gasteiger partial charge in [-0.25, -0.2) is 23.1 Å². The Morgan fingerprint density at radius 1 is 1.03 bits per heavy atom. The fourth-order valence-corrected chi connectivity index (χ4v) is 4.74. The molecule has 0 aliphatic carbocycles. The van der Waals surface area contributed by atoms with Crippen molar-refractivity contribution in [2.24, 2.45) is 5.41 Å². The van der Waals surface area contributed by atoms with Crippen molar-refractivity contribution in [3.8, 4) is 5.88 Å². The molecule has 1 atom stereocenters. The minimum Gasteiger partial charge on any atom is -0.479 e. The minimum absolute atomic E-state index is 0.129. The van der Waals surface area contributed by atoms with Gasteiger partial charge in [-0.2, -0.15) is 4.98 Å². The fourth-order valence-electron chi connectivity index (χ4n) is 4.74. The number of halogens is 3. The number of benzene rings is 1. The second-order valence-electron chi connectivity index (χ2n) is 11.1. The van der Waals surface area contributed by atoms with Gasteiger partial charge in [0, 0.05) is 43.2 Å². The lowest BCUT2D eigenvalue weighted by atomic mass is 9.82. The average molecular weight is 531 g/mol. The molecule has 0 saturated carbocycles. The molecule has 0 unspecified atom stereocenters. The number of rotatable bonds is 7. The van der Waals surface area contributed by atoms with Gasteiger partial charge in [-0.3, -0.25) is 4.90 Å². The average Bonchev–Trinajstić information content (AvgIpc) is 2.87. The molecule has 0 bridgehead atoms. The first kappa shape index (κ1) is 27.9. The van der Waals surface area contributed by atoms with Gasteiger partial charge in [0.15, 0.2) is 5.65 Å². The van der Waals surface area contributed by atoms with Gasteiger partial charge < -0.3 is 15.0 Å². The number of fused-ring (bicyclic) bond motifs is 1. The summed E-state index contributed by atoms with van der Waals surface area (Å²) >= 11 is 0. The number of anilines is 2. The lowest BCUT2D eigenvalue weighted by Crippen LogP contribution is -2.49. The van der Waals surface area contributed by atoms with Crippen LogP contribution in [0.4, 0.5) is 24.7 Å². The zero-order chi connectivity index (χ0) is 27.8. The third-order valence-electron chi connectivity index (χ3n) is 7.28. The number of alkyl halides is 2. The number of nitrogens with zero attached hydrogens (tertiary/aromatic N) is 5. The van der Waals surface area contributed by atoms with Gasteiger partial charge in [0.25, 0.3) is 5.92 Å². The quantitative estimate of drug-likeness (QED) is 0.401. The summed E-state index contributed by atoms with van der Waals surface area (Å²) in [5.41, 5.74) is -0.674. The predicted octanol–water partition coefficient (Wildman–Crippen LogP) is 6.01. The Balaban J connectivity index is 1.68. The summed E-state index contributed by atoms with van der Waals surface area (Å²) in [6.07, 6.45) is 1.37. The molecule has 1 saturated heterocycles. The van der Waals surface area contributed by atoms with Gasteiger partial charge >= 0.3 is 0 Å². The molecule has 1 aromatic carbocycles. The van der Waals surface area contributed by atoms with E-state index in [0.717, 1.165) is 37.9 Å². The smallest absolute Gasteiger partial charge is 0.280 e. The van der Waals surface area contributed by atoms with E-state index in [1.807, 2.05) is 6.07 Å². The number of piperazine rings is 1. The molecule has 3 aromatic rings. The van der Waals surface area contributed by atoms with Gasteiger partial charge in [0.2, 0.25) is 5.88 Å². The predicted molar refractivity (Wildman–Crippen MR) is 145 cm³/mol. The SMILES string of the molecule is COc1nc2ncnc(N[C@H](C)c3cccc(C(F)(F)C(C)(C)C)c3F)c2cc1N1CCN(C(C)C)CC1. The zero-order valence-electron chi connectivity index (χ0n) is 23.1. The molecule has 0 spiro atoms. The largest absolute Gasteiger partial charge is 0.479 e. The van der Waals surface area contributed by atoms with E-state index in [0.29, 0.717) is 28.8 Å². The van der Waals surface area contributed by atoms with Crippen LogP contribution in [0, 0.1) is 11.2 Å². The van der Waals surface area contributed by atoms with E-state index in [1.165, 1.54) is 39.2 Å². The number of ether oxygens (including phenoxy) is 1. The monoisotopic (exact) mass is 530 g/mol. The molecular weight excluding hydrogens is 493 g/mol. The molecule has 1 N–H and O–H groups in total. The van der Waals surface area contributed by atoms with Crippen molar-refractivity contribution >= 4 is 22.5 Å². The van der Waals surface area contributed by atoms with Crippen LogP contribution in [0.5, 0.6) is 5.88 Å². The first-order chi connectivity index (χ1) is 17.8. The van der Waals surface area contributed by atoms with Crippen molar-refractivity contribution < 1.29 is 17.9 Å². The molecule has 7 nitrogen and oxygen atoms in total. The maximum absolute atomic E-state index is 15.5. The van der Waals surface area contributed by atoms with E-state index >= 15 is 13.2 Å². The Labute approximate surface area is 222 Å². The molecule has 2 aromatic heterocycles. The molecular formula is C28H37F3N6O. The minimum atomic E-state index is -3.34. The Morgan fingerprint density at radius 2 is 1.71 bits per heavy atom. The normalized spacial score (nSPS) is 16.2. The van der Waals surface area contributed by atoms with E-state index in [9.17, 15) is 0 Å². The Bertz CT molecular complexity index is 1290. The van der Waals surface area contributed by atoms with Gasteiger partial charge in [0.1, 0.15) is 23.6 Å². The van der Waals surface area contributed by atoms with Crippen LogP contribution >= 0.6 is 0 Å². The third kappa shape index (κ3) is 5.23. The van der Waals surface area contributed by atoms with Crippen LogP contribution < -0.4 is 15.0 Å². The molecule has 206 valence electrons. The summed E-state index contributed by atoms with van der Waals surface area (Å²) in [6, 6.07) is 5.88. The van der Waals surface area contributed by atoms with Crippen molar-refractivity contribution in [1.82, 2.24) is 19.9 Å². The second-order valence-corrected chi connectivity index (χ2v) is 11.1. The lowest BCUT2D eigenvalue weighted by molar-refractivity contribution is -0.107. The van der Waals surface area contributed by atoms with Crippen molar-refractivity contribution in [2.75, 3.05) is 43.5 Å². The molecule has 3 heterocycles. The van der Waals surface area contributed by atoms with Crippen molar-refractivity contribution in [3.63, 3.8) is 0 Å². The fraction of sp³-hybridized carbons (Fsp3) is 0.536. The molecule has 1 aliphatic heterocycles. The highest BCUT2D eigenvalue weighted by Gasteiger charge is 2.47. The summed E-state index contributed by atoms with van der Waals surface area (Å²) in [4.78, 5) is 17.9. The van der Waals surface area contributed by atoms with Crippen LogP contribution in [0.2, 0.25) is 0 Å². The van der Waals surface area contributed by atoms with Crippen LogP contribution in [0.25, 0.3) is 11.0 Å². The molecule has 38 heavy (non-hydrogen) atoms. The second kappa shape index (κ2) is 10.6.